The minimum Gasteiger partial charge on any atom is -0.356 e. The lowest BCUT2D eigenvalue weighted by molar-refractivity contribution is -0.119. The number of para-hydroxylation sites is 1. The van der Waals surface area contributed by atoms with Crippen molar-refractivity contribution in [1.82, 2.24) is 10.3 Å². The molecule has 0 bridgehead atoms. The van der Waals surface area contributed by atoms with E-state index >= 15 is 0 Å². The second-order valence-corrected chi connectivity index (χ2v) is 6.85. The Bertz CT molecular complexity index is 892. The van der Waals surface area contributed by atoms with Crippen LogP contribution in [0.25, 0.3) is 10.2 Å². The maximum absolute atomic E-state index is 12.8. The molecule has 2 amide bonds. The Morgan fingerprint density at radius 1 is 1.20 bits per heavy atom. The molecule has 1 heterocycles. The summed E-state index contributed by atoms with van der Waals surface area (Å²) in [4.78, 5) is 30.0. The first kappa shape index (κ1) is 17.4. The Kier molecular flexibility index (Phi) is 5.31. The van der Waals surface area contributed by atoms with E-state index < -0.39 is 0 Å². The third-order valence-corrected chi connectivity index (χ3v) is 4.76. The molecule has 2 aromatic carbocycles. The molecule has 0 fully saturated rings. The van der Waals surface area contributed by atoms with Crippen LogP contribution in [0.1, 0.15) is 13.3 Å². The topological polar surface area (TPSA) is 62.3 Å². The molecule has 0 radical (unpaired) electrons. The van der Waals surface area contributed by atoms with Crippen LogP contribution in [0, 0.1) is 0 Å². The van der Waals surface area contributed by atoms with Crippen LogP contribution in [0.3, 0.4) is 0 Å². The van der Waals surface area contributed by atoms with Crippen LogP contribution in [0.15, 0.2) is 48.5 Å². The lowest BCUT2D eigenvalue weighted by atomic mass is 10.2. The molecular weight excluding hydrogens is 358 g/mol. The van der Waals surface area contributed by atoms with E-state index in [-0.39, 0.29) is 24.8 Å². The van der Waals surface area contributed by atoms with Gasteiger partial charge in [0.2, 0.25) is 11.8 Å². The van der Waals surface area contributed by atoms with Gasteiger partial charge in [-0.05, 0) is 30.3 Å². The monoisotopic (exact) mass is 373 g/mol. The van der Waals surface area contributed by atoms with Crippen LogP contribution in [-0.4, -0.2) is 23.3 Å². The fraction of sp³-hybridized carbons (Fsp3) is 0.167. The van der Waals surface area contributed by atoms with Gasteiger partial charge < -0.3 is 5.32 Å². The van der Waals surface area contributed by atoms with E-state index in [1.807, 2.05) is 30.3 Å². The first-order valence-electron chi connectivity index (χ1n) is 7.73. The fourth-order valence-corrected chi connectivity index (χ4v) is 3.58. The van der Waals surface area contributed by atoms with E-state index in [0.29, 0.717) is 15.8 Å². The first-order valence-corrected chi connectivity index (χ1v) is 8.92. The molecule has 0 saturated carbocycles. The fourth-order valence-electron chi connectivity index (χ4n) is 2.39. The van der Waals surface area contributed by atoms with Gasteiger partial charge in [-0.3, -0.25) is 14.5 Å². The largest absolute Gasteiger partial charge is 0.356 e. The molecule has 0 aliphatic heterocycles. The van der Waals surface area contributed by atoms with Gasteiger partial charge in [-0.15, -0.1) is 0 Å². The first-order chi connectivity index (χ1) is 12.0. The highest BCUT2D eigenvalue weighted by Crippen LogP contribution is 2.34. The number of carbonyl (C=O) groups is 2. The highest BCUT2D eigenvalue weighted by Gasteiger charge is 2.21. The van der Waals surface area contributed by atoms with Gasteiger partial charge in [-0.2, -0.15) is 0 Å². The smallest absolute Gasteiger partial charge is 0.235 e. The van der Waals surface area contributed by atoms with E-state index in [2.05, 4.69) is 10.3 Å². The van der Waals surface area contributed by atoms with Crippen molar-refractivity contribution in [2.24, 2.45) is 0 Å². The minimum atomic E-state index is -0.165. The molecular formula is C18H16ClN3O2S. The molecule has 0 saturated heterocycles. The van der Waals surface area contributed by atoms with Crippen molar-refractivity contribution in [3.05, 3.63) is 53.6 Å². The summed E-state index contributed by atoms with van der Waals surface area (Å²) in [6.07, 6.45) is 0.169. The molecule has 3 aromatic rings. The second-order valence-electron chi connectivity index (χ2n) is 5.41. The molecule has 0 aliphatic carbocycles. The van der Waals surface area contributed by atoms with Crippen LogP contribution in [-0.2, 0) is 9.59 Å². The molecule has 128 valence electrons. The van der Waals surface area contributed by atoms with E-state index in [0.717, 1.165) is 10.2 Å². The SMILES string of the molecule is CC(=O)NCCC(=O)N(c1cccc(Cl)c1)c1nc2ccccc2s1. The van der Waals surface area contributed by atoms with Crippen molar-refractivity contribution >= 4 is 55.8 Å². The number of rotatable bonds is 5. The van der Waals surface area contributed by atoms with Gasteiger partial charge in [0.05, 0.1) is 15.9 Å². The van der Waals surface area contributed by atoms with Crippen LogP contribution >= 0.6 is 22.9 Å². The van der Waals surface area contributed by atoms with E-state index in [4.69, 9.17) is 11.6 Å². The number of aromatic nitrogens is 1. The van der Waals surface area contributed by atoms with Gasteiger partial charge in [0, 0.05) is 24.9 Å². The molecule has 5 nitrogen and oxygen atoms in total. The maximum atomic E-state index is 12.8. The van der Waals surface area contributed by atoms with E-state index in [1.54, 1.807) is 23.1 Å². The Labute approximate surface area is 154 Å². The highest BCUT2D eigenvalue weighted by atomic mass is 35.5. The van der Waals surface area contributed by atoms with Crippen molar-refractivity contribution in [3.8, 4) is 0 Å². The molecule has 0 unspecified atom stereocenters. The summed E-state index contributed by atoms with van der Waals surface area (Å²) in [5, 5.41) is 3.76. The van der Waals surface area contributed by atoms with Crippen molar-refractivity contribution in [2.75, 3.05) is 11.4 Å². The summed E-state index contributed by atoms with van der Waals surface area (Å²) in [6, 6.07) is 14.8. The van der Waals surface area contributed by atoms with Crippen LogP contribution in [0.4, 0.5) is 10.8 Å². The molecule has 1 N–H and O–H groups in total. The zero-order valence-corrected chi connectivity index (χ0v) is 15.1. The van der Waals surface area contributed by atoms with Crippen molar-refractivity contribution in [2.45, 2.75) is 13.3 Å². The number of nitrogens with zero attached hydrogens (tertiary/aromatic N) is 2. The van der Waals surface area contributed by atoms with Crippen molar-refractivity contribution < 1.29 is 9.59 Å². The molecule has 25 heavy (non-hydrogen) atoms. The van der Waals surface area contributed by atoms with Gasteiger partial charge in [-0.25, -0.2) is 4.98 Å². The lowest BCUT2D eigenvalue weighted by Gasteiger charge is -2.20. The number of fused-ring (bicyclic) bond motifs is 1. The number of amides is 2. The quantitative estimate of drug-likeness (QED) is 0.731. The number of nitrogens with one attached hydrogen (secondary N) is 1. The summed E-state index contributed by atoms with van der Waals surface area (Å²) < 4.78 is 0.999. The Morgan fingerprint density at radius 2 is 2.00 bits per heavy atom. The summed E-state index contributed by atoms with van der Waals surface area (Å²) in [5.41, 5.74) is 1.49. The van der Waals surface area contributed by atoms with Crippen molar-refractivity contribution in [1.29, 1.82) is 0 Å². The van der Waals surface area contributed by atoms with Gasteiger partial charge in [0.1, 0.15) is 0 Å². The molecule has 0 atom stereocenters. The Hall–Kier alpha value is -2.44. The molecule has 7 heteroatoms. The number of hydrogen-bond donors (Lipinski definition) is 1. The highest BCUT2D eigenvalue weighted by molar-refractivity contribution is 7.22. The van der Waals surface area contributed by atoms with Gasteiger partial charge in [0.25, 0.3) is 0 Å². The normalized spacial score (nSPS) is 10.6. The summed E-state index contributed by atoms with van der Waals surface area (Å²) in [5.74, 6) is -0.322. The number of anilines is 2. The molecule has 0 aliphatic rings. The van der Waals surface area contributed by atoms with E-state index in [1.165, 1.54) is 18.3 Å². The number of halogens is 1. The number of carbonyl (C=O) groups excluding carboxylic acids is 2. The summed E-state index contributed by atoms with van der Waals surface area (Å²) >= 11 is 7.53. The zero-order valence-electron chi connectivity index (χ0n) is 13.5. The van der Waals surface area contributed by atoms with Gasteiger partial charge in [-0.1, -0.05) is 41.1 Å². The van der Waals surface area contributed by atoms with Gasteiger partial charge >= 0.3 is 0 Å². The third-order valence-electron chi connectivity index (χ3n) is 3.50. The predicted octanol–water partition coefficient (Wildman–Crippen LogP) is 4.14. The second kappa shape index (κ2) is 7.63. The van der Waals surface area contributed by atoms with Crippen molar-refractivity contribution in [3.63, 3.8) is 0 Å². The maximum Gasteiger partial charge on any atom is 0.235 e. The molecule has 0 spiro atoms. The third kappa shape index (κ3) is 4.15. The summed E-state index contributed by atoms with van der Waals surface area (Å²) in [7, 11) is 0. The Morgan fingerprint density at radius 3 is 2.72 bits per heavy atom. The standard InChI is InChI=1S/C18H16ClN3O2S/c1-12(23)20-10-9-17(24)22(14-6-4-5-13(19)11-14)18-21-15-7-2-3-8-16(15)25-18/h2-8,11H,9-10H2,1H3,(H,20,23). The number of thiazole rings is 1. The van der Waals surface area contributed by atoms with Crippen LogP contribution in [0.2, 0.25) is 5.02 Å². The number of hydrogen-bond acceptors (Lipinski definition) is 4. The predicted molar refractivity (Wildman–Crippen MR) is 102 cm³/mol. The zero-order chi connectivity index (χ0) is 17.8. The lowest BCUT2D eigenvalue weighted by Crippen LogP contribution is -2.30. The molecule has 1 aromatic heterocycles. The van der Waals surface area contributed by atoms with Gasteiger partial charge in [0.15, 0.2) is 5.13 Å². The molecule has 3 rings (SSSR count). The minimum absolute atomic E-state index is 0.157. The van der Waals surface area contributed by atoms with Crippen LogP contribution < -0.4 is 10.2 Å². The van der Waals surface area contributed by atoms with E-state index in [9.17, 15) is 9.59 Å². The average Bonchev–Trinajstić information content (AvgIpc) is 2.98. The summed E-state index contributed by atoms with van der Waals surface area (Å²) in [6.45, 7) is 1.70. The Balaban J connectivity index is 1.96. The van der Waals surface area contributed by atoms with Crippen LogP contribution in [0.5, 0.6) is 0 Å². The number of benzene rings is 2. The average molecular weight is 374 g/mol.